The fourth-order valence-corrected chi connectivity index (χ4v) is 2.87. The molecule has 0 bridgehead atoms. The molecule has 1 fully saturated rings. The number of carbonyl (C=O) groups excluding carboxylic acids is 2. The molecule has 1 heterocycles. The van der Waals surface area contributed by atoms with Crippen molar-refractivity contribution in [2.24, 2.45) is 5.10 Å². The standard InChI is InChI=1S/C17H22BrN3O4/c1-5-7-25-14-12(18)8-11(9-13(14)24-4)10-19-21-15(22)17(3,6-2)20-16(21)23/h8-10H,5-7H2,1-4H3,(H,20,23)/b19-10+. The second-order valence-electron chi connectivity index (χ2n) is 5.86. The normalized spacial score (nSPS) is 20.3. The van der Waals surface area contributed by atoms with E-state index in [2.05, 4.69) is 26.3 Å². The number of imide groups is 1. The number of nitrogens with zero attached hydrogens (tertiary/aromatic N) is 2. The molecular formula is C17H22BrN3O4. The summed E-state index contributed by atoms with van der Waals surface area (Å²) >= 11 is 3.45. The predicted octanol–water partition coefficient (Wildman–Crippen LogP) is 3.30. The van der Waals surface area contributed by atoms with E-state index in [1.807, 2.05) is 13.8 Å². The van der Waals surface area contributed by atoms with Gasteiger partial charge in [0.2, 0.25) is 0 Å². The molecule has 0 saturated carbocycles. The molecule has 0 spiro atoms. The van der Waals surface area contributed by atoms with Crippen molar-refractivity contribution in [3.8, 4) is 11.5 Å². The van der Waals surface area contributed by atoms with Gasteiger partial charge in [0.05, 0.1) is 24.4 Å². The van der Waals surface area contributed by atoms with E-state index in [1.54, 1.807) is 26.2 Å². The number of amides is 3. The number of halogens is 1. The summed E-state index contributed by atoms with van der Waals surface area (Å²) in [4.78, 5) is 24.3. The Morgan fingerprint density at radius 3 is 2.64 bits per heavy atom. The number of ether oxygens (including phenoxy) is 2. The van der Waals surface area contributed by atoms with Crippen molar-refractivity contribution in [3.05, 3.63) is 22.2 Å². The van der Waals surface area contributed by atoms with Crippen molar-refractivity contribution < 1.29 is 19.1 Å². The average Bonchev–Trinajstić information content (AvgIpc) is 2.81. The van der Waals surface area contributed by atoms with Gasteiger partial charge < -0.3 is 14.8 Å². The highest BCUT2D eigenvalue weighted by Crippen LogP contribution is 2.36. The summed E-state index contributed by atoms with van der Waals surface area (Å²) in [5, 5.41) is 7.54. The Morgan fingerprint density at radius 1 is 1.36 bits per heavy atom. The number of urea groups is 1. The molecule has 1 aliphatic rings. The molecule has 0 aliphatic carbocycles. The summed E-state index contributed by atoms with van der Waals surface area (Å²) < 4.78 is 11.7. The van der Waals surface area contributed by atoms with Gasteiger partial charge in [-0.15, -0.1) is 5.01 Å². The second kappa shape index (κ2) is 7.86. The molecule has 1 unspecified atom stereocenters. The lowest BCUT2D eigenvalue weighted by Crippen LogP contribution is -2.42. The molecule has 2 rings (SSSR count). The van der Waals surface area contributed by atoms with E-state index in [9.17, 15) is 9.59 Å². The van der Waals surface area contributed by atoms with Crippen molar-refractivity contribution in [1.82, 2.24) is 10.3 Å². The summed E-state index contributed by atoms with van der Waals surface area (Å²) in [7, 11) is 1.55. The monoisotopic (exact) mass is 411 g/mol. The Morgan fingerprint density at radius 2 is 2.08 bits per heavy atom. The first kappa shape index (κ1) is 19.2. The maximum Gasteiger partial charge on any atom is 0.346 e. The average molecular weight is 412 g/mol. The van der Waals surface area contributed by atoms with Crippen LogP contribution in [0.1, 0.15) is 39.2 Å². The number of methoxy groups -OCH3 is 1. The van der Waals surface area contributed by atoms with Crippen LogP contribution in [0.3, 0.4) is 0 Å². The van der Waals surface area contributed by atoms with Gasteiger partial charge in [0.25, 0.3) is 5.91 Å². The van der Waals surface area contributed by atoms with Gasteiger partial charge >= 0.3 is 6.03 Å². The lowest BCUT2D eigenvalue weighted by molar-refractivity contribution is -0.130. The van der Waals surface area contributed by atoms with E-state index < -0.39 is 11.6 Å². The summed E-state index contributed by atoms with van der Waals surface area (Å²) in [6, 6.07) is 2.99. The molecule has 1 aromatic rings. The number of carbonyl (C=O) groups is 2. The van der Waals surface area contributed by atoms with Gasteiger partial charge in [-0.2, -0.15) is 5.10 Å². The molecule has 1 aliphatic heterocycles. The van der Waals surface area contributed by atoms with Crippen LogP contribution in [0.2, 0.25) is 0 Å². The molecule has 1 atom stereocenters. The first-order valence-electron chi connectivity index (χ1n) is 8.07. The van der Waals surface area contributed by atoms with Gasteiger partial charge in [-0.3, -0.25) is 4.79 Å². The smallest absolute Gasteiger partial charge is 0.346 e. The van der Waals surface area contributed by atoms with Crippen molar-refractivity contribution in [1.29, 1.82) is 0 Å². The molecule has 8 heteroatoms. The van der Waals surface area contributed by atoms with Gasteiger partial charge in [-0.25, -0.2) is 4.79 Å². The predicted molar refractivity (Wildman–Crippen MR) is 98.1 cm³/mol. The van der Waals surface area contributed by atoms with Crippen LogP contribution < -0.4 is 14.8 Å². The molecule has 1 N–H and O–H groups in total. The van der Waals surface area contributed by atoms with E-state index in [1.165, 1.54) is 6.21 Å². The van der Waals surface area contributed by atoms with Crippen molar-refractivity contribution in [2.45, 2.75) is 39.2 Å². The molecule has 25 heavy (non-hydrogen) atoms. The summed E-state index contributed by atoms with van der Waals surface area (Å²) in [5.41, 5.74) is -0.247. The largest absolute Gasteiger partial charge is 0.493 e. The van der Waals surface area contributed by atoms with Crippen LogP contribution in [0.4, 0.5) is 4.79 Å². The van der Waals surface area contributed by atoms with Crippen molar-refractivity contribution in [3.63, 3.8) is 0 Å². The van der Waals surface area contributed by atoms with Gasteiger partial charge in [0.1, 0.15) is 5.54 Å². The lowest BCUT2D eigenvalue weighted by Gasteiger charge is -2.17. The minimum Gasteiger partial charge on any atom is -0.493 e. The van der Waals surface area contributed by atoms with Crippen LogP contribution in [0.5, 0.6) is 11.5 Å². The Labute approximate surface area is 155 Å². The van der Waals surface area contributed by atoms with E-state index in [0.29, 0.717) is 34.6 Å². The summed E-state index contributed by atoms with van der Waals surface area (Å²) in [5.74, 6) is 0.778. The third-order valence-electron chi connectivity index (χ3n) is 3.97. The maximum absolute atomic E-state index is 12.3. The zero-order valence-electron chi connectivity index (χ0n) is 14.8. The van der Waals surface area contributed by atoms with Crippen LogP contribution in [0, 0.1) is 0 Å². The fraction of sp³-hybridized carbons (Fsp3) is 0.471. The lowest BCUT2D eigenvalue weighted by atomic mass is 10.00. The SMILES string of the molecule is CCCOc1c(Br)cc(/C=N/N2C(=O)NC(C)(CC)C2=O)cc1OC. The van der Waals surface area contributed by atoms with Crippen LogP contribution in [-0.2, 0) is 4.79 Å². The van der Waals surface area contributed by atoms with Crippen LogP contribution in [0.25, 0.3) is 0 Å². The molecule has 7 nitrogen and oxygen atoms in total. The maximum atomic E-state index is 12.3. The number of rotatable bonds is 7. The highest BCUT2D eigenvalue weighted by Gasteiger charge is 2.46. The first-order valence-corrected chi connectivity index (χ1v) is 8.86. The molecule has 3 amide bonds. The summed E-state index contributed by atoms with van der Waals surface area (Å²) in [6.07, 6.45) is 2.81. The molecule has 0 radical (unpaired) electrons. The van der Waals surface area contributed by atoms with Gasteiger partial charge in [0.15, 0.2) is 11.5 Å². The van der Waals surface area contributed by atoms with Crippen molar-refractivity contribution in [2.75, 3.05) is 13.7 Å². The van der Waals surface area contributed by atoms with E-state index in [-0.39, 0.29) is 5.91 Å². The number of benzene rings is 1. The van der Waals surface area contributed by atoms with E-state index in [4.69, 9.17) is 9.47 Å². The van der Waals surface area contributed by atoms with Crippen LogP contribution in [-0.4, -0.2) is 42.4 Å². The molecular weight excluding hydrogens is 390 g/mol. The highest BCUT2D eigenvalue weighted by molar-refractivity contribution is 9.10. The Hall–Kier alpha value is -2.09. The van der Waals surface area contributed by atoms with Crippen molar-refractivity contribution >= 4 is 34.1 Å². The van der Waals surface area contributed by atoms with Crippen LogP contribution >= 0.6 is 15.9 Å². The van der Waals surface area contributed by atoms with Gasteiger partial charge in [-0.05, 0) is 53.4 Å². The van der Waals surface area contributed by atoms with Gasteiger partial charge in [-0.1, -0.05) is 13.8 Å². The zero-order chi connectivity index (χ0) is 18.6. The number of hydrogen-bond acceptors (Lipinski definition) is 5. The quantitative estimate of drug-likeness (QED) is 0.551. The van der Waals surface area contributed by atoms with Crippen LogP contribution in [0.15, 0.2) is 21.7 Å². The molecule has 0 aromatic heterocycles. The highest BCUT2D eigenvalue weighted by atomic mass is 79.9. The van der Waals surface area contributed by atoms with Gasteiger partial charge in [0, 0.05) is 0 Å². The topological polar surface area (TPSA) is 80.2 Å². The molecule has 136 valence electrons. The third kappa shape index (κ3) is 3.95. The molecule has 1 saturated heterocycles. The second-order valence-corrected chi connectivity index (χ2v) is 6.71. The van der Waals surface area contributed by atoms with E-state index in [0.717, 1.165) is 11.4 Å². The molecule has 1 aromatic carbocycles. The fourth-order valence-electron chi connectivity index (χ4n) is 2.30. The summed E-state index contributed by atoms with van der Waals surface area (Å²) in [6.45, 7) is 6.11. The Kier molecular flexibility index (Phi) is 6.05. The Bertz CT molecular complexity index is 707. The first-order chi connectivity index (χ1) is 11.9. The number of nitrogens with one attached hydrogen (secondary N) is 1. The third-order valence-corrected chi connectivity index (χ3v) is 4.56. The minimum absolute atomic E-state index is 0.370. The zero-order valence-corrected chi connectivity index (χ0v) is 16.3. The number of hydrogen-bond donors (Lipinski definition) is 1. The number of hydrazone groups is 1. The Balaban J connectivity index is 2.25. The van der Waals surface area contributed by atoms with E-state index >= 15 is 0 Å². The minimum atomic E-state index is -0.912.